The summed E-state index contributed by atoms with van der Waals surface area (Å²) in [6.45, 7) is 6.04. The Kier molecular flexibility index (Phi) is 7.50. The summed E-state index contributed by atoms with van der Waals surface area (Å²) in [6, 6.07) is 0. The van der Waals surface area contributed by atoms with E-state index in [4.69, 9.17) is 14.2 Å². The van der Waals surface area contributed by atoms with Crippen LogP contribution in [0.2, 0.25) is 0 Å². The Labute approximate surface area is 90.5 Å². The first-order chi connectivity index (χ1) is 6.93. The maximum absolute atomic E-state index is 5.40. The van der Waals surface area contributed by atoms with E-state index in [2.05, 4.69) is 6.92 Å². The smallest absolute Gasteiger partial charge is 0.104 e. The molecule has 0 spiro atoms. The zero-order valence-corrected chi connectivity index (χ0v) is 9.68. The van der Waals surface area contributed by atoms with Crippen LogP contribution in [0.3, 0.4) is 0 Å². The predicted molar refractivity (Wildman–Crippen MR) is 59.0 cm³/mol. The van der Waals surface area contributed by atoms with Crippen LogP contribution >= 0.6 is 11.8 Å². The highest BCUT2D eigenvalue weighted by atomic mass is 32.2. The van der Waals surface area contributed by atoms with Gasteiger partial charge >= 0.3 is 0 Å². The molecule has 0 aromatic carbocycles. The molecule has 0 N–H and O–H groups in total. The molecule has 0 aliphatic carbocycles. The third kappa shape index (κ3) is 7.62. The zero-order valence-electron chi connectivity index (χ0n) is 8.87. The zero-order chi connectivity index (χ0) is 10.1. The second-order valence-corrected chi connectivity index (χ2v) is 4.48. The van der Waals surface area contributed by atoms with Gasteiger partial charge in [-0.15, -0.1) is 0 Å². The summed E-state index contributed by atoms with van der Waals surface area (Å²) in [5.74, 6) is 2.33. The van der Waals surface area contributed by atoms with Crippen molar-refractivity contribution in [2.75, 3.05) is 44.5 Å². The number of hydrogen-bond donors (Lipinski definition) is 0. The topological polar surface area (TPSA) is 31.0 Å². The van der Waals surface area contributed by atoms with E-state index in [0.717, 1.165) is 25.6 Å². The van der Waals surface area contributed by atoms with Crippen LogP contribution in [-0.4, -0.2) is 50.6 Å². The summed E-state index contributed by atoms with van der Waals surface area (Å²) in [4.78, 5) is 0. The molecule has 0 amide bonds. The molecule has 1 aliphatic heterocycles. The lowest BCUT2D eigenvalue weighted by Gasteiger charge is -2.04. The number of rotatable bonds is 10. The standard InChI is InChI=1S/C10H20O3S/c1-2-6-14-7-5-11-3-4-12-8-10-9-13-10/h10H,2-9H2,1H3. The van der Waals surface area contributed by atoms with Crippen molar-refractivity contribution in [3.8, 4) is 0 Å². The highest BCUT2D eigenvalue weighted by Crippen LogP contribution is 2.08. The minimum atomic E-state index is 0.370. The Hall–Kier alpha value is 0.230. The third-order valence-electron chi connectivity index (χ3n) is 1.80. The van der Waals surface area contributed by atoms with Gasteiger partial charge in [-0.25, -0.2) is 0 Å². The van der Waals surface area contributed by atoms with E-state index in [0.29, 0.717) is 19.3 Å². The van der Waals surface area contributed by atoms with Crippen LogP contribution in [0.15, 0.2) is 0 Å². The van der Waals surface area contributed by atoms with Crippen LogP contribution in [-0.2, 0) is 14.2 Å². The second kappa shape index (κ2) is 8.53. The first-order valence-electron chi connectivity index (χ1n) is 5.28. The highest BCUT2D eigenvalue weighted by Gasteiger charge is 2.21. The normalized spacial score (nSPS) is 19.9. The minimum Gasteiger partial charge on any atom is -0.378 e. The van der Waals surface area contributed by atoms with Crippen molar-refractivity contribution in [3.05, 3.63) is 0 Å². The van der Waals surface area contributed by atoms with E-state index in [1.807, 2.05) is 11.8 Å². The summed E-state index contributed by atoms with van der Waals surface area (Å²) in [6.07, 6.45) is 1.62. The van der Waals surface area contributed by atoms with Crippen molar-refractivity contribution in [1.82, 2.24) is 0 Å². The molecule has 1 unspecified atom stereocenters. The second-order valence-electron chi connectivity index (χ2n) is 3.26. The van der Waals surface area contributed by atoms with Gasteiger partial charge < -0.3 is 14.2 Å². The van der Waals surface area contributed by atoms with E-state index in [-0.39, 0.29) is 0 Å². The Morgan fingerprint density at radius 2 is 2.00 bits per heavy atom. The maximum Gasteiger partial charge on any atom is 0.104 e. The summed E-state index contributed by atoms with van der Waals surface area (Å²) in [5.41, 5.74) is 0. The van der Waals surface area contributed by atoms with E-state index < -0.39 is 0 Å². The summed E-state index contributed by atoms with van der Waals surface area (Å²) >= 11 is 1.95. The van der Waals surface area contributed by atoms with Gasteiger partial charge in [0, 0.05) is 5.75 Å². The van der Waals surface area contributed by atoms with Gasteiger partial charge in [-0.2, -0.15) is 11.8 Å². The Morgan fingerprint density at radius 1 is 1.21 bits per heavy atom. The lowest BCUT2D eigenvalue weighted by Crippen LogP contribution is -2.09. The Morgan fingerprint density at radius 3 is 2.71 bits per heavy atom. The molecule has 14 heavy (non-hydrogen) atoms. The van der Waals surface area contributed by atoms with Gasteiger partial charge in [-0.05, 0) is 12.2 Å². The number of hydrogen-bond acceptors (Lipinski definition) is 4. The van der Waals surface area contributed by atoms with E-state index in [1.165, 1.54) is 12.2 Å². The molecule has 1 heterocycles. The van der Waals surface area contributed by atoms with E-state index in [9.17, 15) is 0 Å². The molecule has 3 nitrogen and oxygen atoms in total. The number of epoxide rings is 1. The molecular formula is C10H20O3S. The predicted octanol–water partition coefficient (Wildman–Crippen LogP) is 1.56. The molecule has 0 aromatic rings. The molecular weight excluding hydrogens is 200 g/mol. The van der Waals surface area contributed by atoms with Crippen molar-refractivity contribution in [2.45, 2.75) is 19.4 Å². The molecule has 0 radical (unpaired) electrons. The van der Waals surface area contributed by atoms with Gasteiger partial charge in [0.05, 0.1) is 33.0 Å². The molecule has 0 aromatic heterocycles. The van der Waals surface area contributed by atoms with Crippen molar-refractivity contribution in [1.29, 1.82) is 0 Å². The van der Waals surface area contributed by atoms with Crippen LogP contribution < -0.4 is 0 Å². The SMILES string of the molecule is CCCSCCOCCOCC1CO1. The lowest BCUT2D eigenvalue weighted by molar-refractivity contribution is 0.0473. The Bertz CT molecular complexity index is 129. The van der Waals surface area contributed by atoms with Crippen LogP contribution in [0.5, 0.6) is 0 Å². The van der Waals surface area contributed by atoms with E-state index >= 15 is 0 Å². The first kappa shape index (κ1) is 12.3. The molecule has 4 heteroatoms. The molecule has 1 aliphatic rings. The van der Waals surface area contributed by atoms with Crippen molar-refractivity contribution in [2.24, 2.45) is 0 Å². The van der Waals surface area contributed by atoms with Gasteiger partial charge in [0.1, 0.15) is 6.10 Å². The van der Waals surface area contributed by atoms with Gasteiger partial charge in [-0.3, -0.25) is 0 Å². The van der Waals surface area contributed by atoms with Crippen molar-refractivity contribution >= 4 is 11.8 Å². The summed E-state index contributed by atoms with van der Waals surface area (Å²) in [7, 11) is 0. The van der Waals surface area contributed by atoms with Crippen LogP contribution in [0.1, 0.15) is 13.3 Å². The van der Waals surface area contributed by atoms with E-state index in [1.54, 1.807) is 0 Å². The molecule has 0 bridgehead atoms. The highest BCUT2D eigenvalue weighted by molar-refractivity contribution is 7.99. The number of thioether (sulfide) groups is 1. The molecule has 1 atom stereocenters. The van der Waals surface area contributed by atoms with Gasteiger partial charge in [0.2, 0.25) is 0 Å². The summed E-state index contributed by atoms with van der Waals surface area (Å²) in [5, 5.41) is 0. The van der Waals surface area contributed by atoms with Gasteiger partial charge in [0.25, 0.3) is 0 Å². The van der Waals surface area contributed by atoms with Crippen LogP contribution in [0.4, 0.5) is 0 Å². The fourth-order valence-corrected chi connectivity index (χ4v) is 1.69. The quantitative estimate of drug-likeness (QED) is 0.413. The fraction of sp³-hybridized carbons (Fsp3) is 1.00. The molecule has 1 rings (SSSR count). The van der Waals surface area contributed by atoms with Crippen molar-refractivity contribution in [3.63, 3.8) is 0 Å². The maximum atomic E-state index is 5.40. The van der Waals surface area contributed by atoms with Gasteiger partial charge in [-0.1, -0.05) is 6.92 Å². The molecule has 1 fully saturated rings. The monoisotopic (exact) mass is 220 g/mol. The fourth-order valence-electron chi connectivity index (χ4n) is 0.963. The third-order valence-corrected chi connectivity index (χ3v) is 2.95. The molecule has 84 valence electrons. The summed E-state index contributed by atoms with van der Waals surface area (Å²) < 4.78 is 15.7. The average Bonchev–Trinajstić information content (AvgIpc) is 2.99. The van der Waals surface area contributed by atoms with Gasteiger partial charge in [0.15, 0.2) is 0 Å². The largest absolute Gasteiger partial charge is 0.378 e. The Balaban J connectivity index is 1.63. The first-order valence-corrected chi connectivity index (χ1v) is 6.43. The average molecular weight is 220 g/mol. The van der Waals surface area contributed by atoms with Crippen molar-refractivity contribution < 1.29 is 14.2 Å². The number of ether oxygens (including phenoxy) is 3. The molecule has 0 saturated carbocycles. The minimum absolute atomic E-state index is 0.370. The van der Waals surface area contributed by atoms with Crippen LogP contribution in [0.25, 0.3) is 0 Å². The molecule has 1 saturated heterocycles. The lowest BCUT2D eigenvalue weighted by atomic mass is 10.5. The van der Waals surface area contributed by atoms with Crippen LogP contribution in [0, 0.1) is 0 Å².